The molecule has 0 aromatic heterocycles. The summed E-state index contributed by atoms with van der Waals surface area (Å²) in [5, 5.41) is 0. The maximum atomic E-state index is 12.9. The van der Waals surface area contributed by atoms with Crippen molar-refractivity contribution in [2.24, 2.45) is 0 Å². The molecule has 0 aromatic rings. The second-order valence-electron chi connectivity index (χ2n) is 21.3. The summed E-state index contributed by atoms with van der Waals surface area (Å²) in [5.74, 6) is -0.896. The van der Waals surface area contributed by atoms with E-state index < -0.39 is 6.10 Å². The van der Waals surface area contributed by atoms with E-state index in [9.17, 15) is 14.4 Å². The molecule has 0 fully saturated rings. The van der Waals surface area contributed by atoms with E-state index in [1.807, 2.05) is 0 Å². The molecule has 6 heteroatoms. The molecule has 0 bridgehead atoms. The van der Waals surface area contributed by atoms with Crippen LogP contribution in [0.25, 0.3) is 0 Å². The van der Waals surface area contributed by atoms with Gasteiger partial charge in [0.1, 0.15) is 13.2 Å². The average molecular weight is 1030 g/mol. The summed E-state index contributed by atoms with van der Waals surface area (Å²) in [6.45, 7) is 6.58. The fourth-order valence-corrected chi connectivity index (χ4v) is 9.05. The fourth-order valence-electron chi connectivity index (χ4n) is 9.05. The second kappa shape index (κ2) is 62.4. The van der Waals surface area contributed by atoms with Gasteiger partial charge in [0.2, 0.25) is 0 Å². The van der Waals surface area contributed by atoms with Gasteiger partial charge in [0, 0.05) is 19.3 Å². The first-order chi connectivity index (χ1) is 36.5. The molecule has 0 radical (unpaired) electrons. The predicted molar refractivity (Wildman–Crippen MR) is 321 cm³/mol. The lowest BCUT2D eigenvalue weighted by Gasteiger charge is -2.18. The fraction of sp³-hybridized carbons (Fsp3) is 0.779. The third-order valence-electron chi connectivity index (χ3n) is 13.9. The van der Waals surface area contributed by atoms with Crippen LogP contribution >= 0.6 is 0 Å². The minimum atomic E-state index is -0.786. The molecule has 0 N–H and O–H groups in total. The summed E-state index contributed by atoms with van der Waals surface area (Å²) in [7, 11) is 0. The van der Waals surface area contributed by atoms with Gasteiger partial charge in [0.15, 0.2) is 6.10 Å². The Morgan fingerprint density at radius 1 is 0.270 bits per heavy atom. The Morgan fingerprint density at radius 3 is 0.824 bits per heavy atom. The molecule has 0 heterocycles. The number of hydrogen-bond acceptors (Lipinski definition) is 6. The number of carbonyl (C=O) groups excluding carboxylic acids is 3. The van der Waals surface area contributed by atoms with Crippen LogP contribution in [-0.2, 0) is 28.6 Å². The Balaban J connectivity index is 4.20. The zero-order valence-electron chi connectivity index (χ0n) is 49.1. The van der Waals surface area contributed by atoms with Gasteiger partial charge < -0.3 is 14.2 Å². The Bertz CT molecular complexity index is 1370. The topological polar surface area (TPSA) is 78.9 Å². The average Bonchev–Trinajstić information content (AvgIpc) is 3.40. The zero-order chi connectivity index (χ0) is 53.6. The van der Waals surface area contributed by atoms with Crippen molar-refractivity contribution in [1.29, 1.82) is 0 Å². The van der Waals surface area contributed by atoms with Gasteiger partial charge >= 0.3 is 17.9 Å². The molecule has 0 saturated heterocycles. The molecule has 0 aliphatic heterocycles. The smallest absolute Gasteiger partial charge is 0.306 e. The lowest BCUT2D eigenvalue weighted by molar-refractivity contribution is -0.167. The van der Waals surface area contributed by atoms with E-state index in [0.29, 0.717) is 19.3 Å². The SMILES string of the molecule is CCCC/C=C\CCCCCCCC(=O)OCC(COC(=O)CCCCCCCCCCCCCCCC/C=C\C/C=C\C/C=C\CCCCCCC)OC(=O)CCCCCCC/C=C\C/C=C\CCCCCC. The molecule has 0 saturated carbocycles. The van der Waals surface area contributed by atoms with Gasteiger partial charge in [0.05, 0.1) is 0 Å². The number of carbonyl (C=O) groups is 3. The van der Waals surface area contributed by atoms with Crippen LogP contribution in [0.1, 0.15) is 323 Å². The lowest BCUT2D eigenvalue weighted by atomic mass is 10.0. The molecule has 1 atom stereocenters. The monoisotopic (exact) mass is 1030 g/mol. The third kappa shape index (κ3) is 59.7. The van der Waals surface area contributed by atoms with Crippen molar-refractivity contribution in [3.8, 4) is 0 Å². The van der Waals surface area contributed by atoms with Crippen LogP contribution in [0, 0.1) is 0 Å². The van der Waals surface area contributed by atoms with Gasteiger partial charge in [-0.15, -0.1) is 0 Å². The van der Waals surface area contributed by atoms with E-state index in [0.717, 1.165) is 103 Å². The number of unbranched alkanes of at least 4 members (excludes halogenated alkanes) is 35. The summed E-state index contributed by atoms with van der Waals surface area (Å²) in [5.41, 5.74) is 0. The van der Waals surface area contributed by atoms with Crippen LogP contribution in [-0.4, -0.2) is 37.2 Å². The second-order valence-corrected chi connectivity index (χ2v) is 21.3. The molecule has 74 heavy (non-hydrogen) atoms. The van der Waals surface area contributed by atoms with Crippen molar-refractivity contribution >= 4 is 17.9 Å². The van der Waals surface area contributed by atoms with Crippen LogP contribution in [0.3, 0.4) is 0 Å². The zero-order valence-corrected chi connectivity index (χ0v) is 49.1. The third-order valence-corrected chi connectivity index (χ3v) is 13.9. The molecule has 0 aliphatic carbocycles. The number of ether oxygens (including phenoxy) is 3. The minimum Gasteiger partial charge on any atom is -0.462 e. The van der Waals surface area contributed by atoms with E-state index in [-0.39, 0.29) is 31.1 Å². The normalized spacial score (nSPS) is 12.5. The van der Waals surface area contributed by atoms with Crippen LogP contribution in [0.5, 0.6) is 0 Å². The standard InChI is InChI=1S/C68H120O6/c1-4-7-10-13-16-19-22-24-26-28-29-30-31-32-33-34-35-36-37-38-39-40-42-43-46-49-52-55-58-61-67(70)73-64-65(63-72-66(69)60-57-54-51-48-45-21-18-15-12-9-6-3)74-68(71)62-59-56-53-50-47-44-41-27-25-23-20-17-14-11-8-5-2/h15,18,20,22-24,27-29,31-32,41,65H,4-14,16-17,19,21,25-26,30,33-40,42-64H2,1-3H3/b18-15-,23-20-,24-22-,29-28-,32-31-,41-27-. The Labute approximate surface area is 459 Å². The van der Waals surface area contributed by atoms with Crippen LogP contribution in [0.2, 0.25) is 0 Å². The van der Waals surface area contributed by atoms with Crippen molar-refractivity contribution in [2.75, 3.05) is 13.2 Å². The van der Waals surface area contributed by atoms with Crippen molar-refractivity contribution in [3.05, 3.63) is 72.9 Å². The van der Waals surface area contributed by atoms with Gasteiger partial charge in [-0.25, -0.2) is 0 Å². The highest BCUT2D eigenvalue weighted by atomic mass is 16.6. The maximum absolute atomic E-state index is 12.9. The van der Waals surface area contributed by atoms with Gasteiger partial charge in [-0.05, 0) is 109 Å². The number of hydrogen-bond donors (Lipinski definition) is 0. The Hall–Kier alpha value is -3.15. The highest BCUT2D eigenvalue weighted by molar-refractivity contribution is 5.71. The van der Waals surface area contributed by atoms with Crippen molar-refractivity contribution in [1.82, 2.24) is 0 Å². The summed E-state index contributed by atoms with van der Waals surface area (Å²) in [4.78, 5) is 38.2. The Morgan fingerprint density at radius 2 is 0.500 bits per heavy atom. The van der Waals surface area contributed by atoms with Crippen LogP contribution in [0.15, 0.2) is 72.9 Å². The minimum absolute atomic E-state index is 0.0824. The quantitative estimate of drug-likeness (QED) is 0.0261. The summed E-state index contributed by atoms with van der Waals surface area (Å²) in [6, 6.07) is 0. The number of esters is 3. The number of rotatable bonds is 58. The van der Waals surface area contributed by atoms with E-state index in [1.165, 1.54) is 180 Å². The van der Waals surface area contributed by atoms with Gasteiger partial charge in [-0.2, -0.15) is 0 Å². The summed E-state index contributed by atoms with van der Waals surface area (Å²) in [6.07, 6.45) is 80.6. The van der Waals surface area contributed by atoms with E-state index >= 15 is 0 Å². The van der Waals surface area contributed by atoms with Crippen molar-refractivity contribution in [3.63, 3.8) is 0 Å². The van der Waals surface area contributed by atoms with Gasteiger partial charge in [-0.3, -0.25) is 14.4 Å². The largest absolute Gasteiger partial charge is 0.462 e. The molecule has 0 spiro atoms. The predicted octanol–water partition coefficient (Wildman–Crippen LogP) is 21.7. The van der Waals surface area contributed by atoms with Crippen LogP contribution in [0.4, 0.5) is 0 Å². The molecule has 0 amide bonds. The first kappa shape index (κ1) is 70.8. The highest BCUT2D eigenvalue weighted by Gasteiger charge is 2.19. The highest BCUT2D eigenvalue weighted by Crippen LogP contribution is 2.16. The van der Waals surface area contributed by atoms with Crippen molar-refractivity contribution < 1.29 is 28.6 Å². The summed E-state index contributed by atoms with van der Waals surface area (Å²) >= 11 is 0. The molecule has 6 nitrogen and oxygen atoms in total. The summed E-state index contributed by atoms with van der Waals surface area (Å²) < 4.78 is 16.9. The molecule has 428 valence electrons. The van der Waals surface area contributed by atoms with E-state index in [2.05, 4.69) is 93.7 Å². The molecule has 0 rings (SSSR count). The lowest BCUT2D eigenvalue weighted by Crippen LogP contribution is -2.30. The van der Waals surface area contributed by atoms with E-state index in [1.54, 1.807) is 0 Å². The Kier molecular flexibility index (Phi) is 59.7. The first-order valence-electron chi connectivity index (χ1n) is 31.9. The molecule has 1 unspecified atom stereocenters. The van der Waals surface area contributed by atoms with E-state index in [4.69, 9.17) is 14.2 Å². The maximum Gasteiger partial charge on any atom is 0.306 e. The molecule has 0 aromatic carbocycles. The van der Waals surface area contributed by atoms with Gasteiger partial charge in [0.25, 0.3) is 0 Å². The molecular formula is C68H120O6. The first-order valence-corrected chi connectivity index (χ1v) is 31.9. The van der Waals surface area contributed by atoms with Crippen LogP contribution < -0.4 is 0 Å². The van der Waals surface area contributed by atoms with Gasteiger partial charge in [-0.1, -0.05) is 267 Å². The van der Waals surface area contributed by atoms with Crippen molar-refractivity contribution in [2.45, 2.75) is 329 Å². The molecular weight excluding hydrogens is 913 g/mol. The molecule has 0 aliphatic rings. The number of allylic oxidation sites excluding steroid dienone is 12.